The first-order valence-corrected chi connectivity index (χ1v) is 8.16. The first kappa shape index (κ1) is 16.4. The van der Waals surface area contributed by atoms with Gasteiger partial charge in [-0.25, -0.2) is 4.39 Å². The summed E-state index contributed by atoms with van der Waals surface area (Å²) in [5, 5.41) is 0. The molecule has 5 heteroatoms. The van der Waals surface area contributed by atoms with Gasteiger partial charge in [-0.3, -0.25) is 4.79 Å². The molecule has 0 bridgehead atoms. The van der Waals surface area contributed by atoms with Crippen LogP contribution in [0.5, 0.6) is 0 Å². The Labute approximate surface area is 134 Å². The molecule has 0 unspecified atom stereocenters. The zero-order valence-electron chi connectivity index (χ0n) is 12.8. The van der Waals surface area contributed by atoms with Crippen molar-refractivity contribution >= 4 is 21.8 Å². The van der Waals surface area contributed by atoms with Crippen LogP contribution < -0.4 is 0 Å². The summed E-state index contributed by atoms with van der Waals surface area (Å²) in [6.45, 7) is 6.35. The first-order chi connectivity index (χ1) is 9.91. The van der Waals surface area contributed by atoms with Crippen molar-refractivity contribution in [2.24, 2.45) is 0 Å². The number of piperidine rings is 1. The third-order valence-electron chi connectivity index (χ3n) is 4.28. The number of nitrogens with zero attached hydrogens (tertiary/aromatic N) is 2. The lowest BCUT2D eigenvalue weighted by Crippen LogP contribution is -2.47. The van der Waals surface area contributed by atoms with Gasteiger partial charge in [-0.15, -0.1) is 0 Å². The van der Waals surface area contributed by atoms with E-state index in [4.69, 9.17) is 0 Å². The van der Waals surface area contributed by atoms with Gasteiger partial charge < -0.3 is 9.80 Å². The van der Waals surface area contributed by atoms with Crippen LogP contribution in [0.15, 0.2) is 22.7 Å². The fourth-order valence-electron chi connectivity index (χ4n) is 2.81. The van der Waals surface area contributed by atoms with Crippen molar-refractivity contribution in [1.82, 2.24) is 9.80 Å². The zero-order chi connectivity index (χ0) is 15.6. The molecule has 0 radical (unpaired) electrons. The van der Waals surface area contributed by atoms with E-state index in [-0.39, 0.29) is 17.5 Å². The predicted octanol–water partition coefficient (Wildman–Crippen LogP) is 3.53. The van der Waals surface area contributed by atoms with Gasteiger partial charge in [-0.2, -0.15) is 0 Å². The first-order valence-electron chi connectivity index (χ1n) is 7.37. The molecular formula is C16H22BrFN2O. The van der Waals surface area contributed by atoms with Crippen molar-refractivity contribution in [2.45, 2.75) is 38.8 Å². The molecule has 1 saturated heterocycles. The van der Waals surface area contributed by atoms with Crippen LogP contribution in [-0.2, 0) is 0 Å². The number of amides is 1. The van der Waals surface area contributed by atoms with E-state index in [1.165, 1.54) is 0 Å². The number of likely N-dealkylation sites (tertiary alicyclic amines) is 1. The number of halogens is 2. The van der Waals surface area contributed by atoms with Crippen LogP contribution in [0.2, 0.25) is 0 Å². The molecule has 0 atom stereocenters. The number of carbonyl (C=O) groups is 1. The van der Waals surface area contributed by atoms with Gasteiger partial charge in [0.25, 0.3) is 5.91 Å². The van der Waals surface area contributed by atoms with E-state index in [1.54, 1.807) is 30.1 Å². The average molecular weight is 357 g/mol. The highest BCUT2D eigenvalue weighted by Gasteiger charge is 2.28. The van der Waals surface area contributed by atoms with E-state index in [0.717, 1.165) is 25.9 Å². The summed E-state index contributed by atoms with van der Waals surface area (Å²) in [7, 11) is 1.78. The van der Waals surface area contributed by atoms with Crippen LogP contribution in [0.1, 0.15) is 37.0 Å². The number of rotatable bonds is 3. The topological polar surface area (TPSA) is 23.6 Å². The highest BCUT2D eigenvalue weighted by Crippen LogP contribution is 2.23. The molecule has 2 rings (SSSR count). The highest BCUT2D eigenvalue weighted by molar-refractivity contribution is 9.10. The second-order valence-corrected chi connectivity index (χ2v) is 6.73. The molecule has 1 aromatic carbocycles. The van der Waals surface area contributed by atoms with Crippen LogP contribution in [-0.4, -0.2) is 47.9 Å². The molecule has 1 aliphatic heterocycles. The maximum atomic E-state index is 14.0. The summed E-state index contributed by atoms with van der Waals surface area (Å²) in [5.41, 5.74) is 0.137. The molecule has 1 heterocycles. The van der Waals surface area contributed by atoms with Crippen molar-refractivity contribution in [1.29, 1.82) is 0 Å². The number of benzene rings is 1. The Morgan fingerprint density at radius 2 is 2.00 bits per heavy atom. The van der Waals surface area contributed by atoms with Gasteiger partial charge in [-0.05, 0) is 54.8 Å². The lowest BCUT2D eigenvalue weighted by molar-refractivity contribution is 0.0611. The predicted molar refractivity (Wildman–Crippen MR) is 85.9 cm³/mol. The van der Waals surface area contributed by atoms with E-state index in [2.05, 4.69) is 34.7 Å². The summed E-state index contributed by atoms with van der Waals surface area (Å²) in [6.07, 6.45) is 1.88. The maximum Gasteiger partial charge on any atom is 0.256 e. The van der Waals surface area contributed by atoms with Crippen LogP contribution in [0.3, 0.4) is 0 Å². The summed E-state index contributed by atoms with van der Waals surface area (Å²) >= 11 is 3.13. The molecule has 0 spiro atoms. The molecule has 0 N–H and O–H groups in total. The van der Waals surface area contributed by atoms with Crippen LogP contribution in [0.25, 0.3) is 0 Å². The standard InChI is InChI=1S/C16H22BrFN2O/c1-11(2)20-9-7-12(8-10-20)19(3)16(21)13-5-4-6-14(17)15(13)18/h4-6,11-12H,7-10H2,1-3H3. The largest absolute Gasteiger partial charge is 0.339 e. The van der Waals surface area contributed by atoms with Gasteiger partial charge in [-0.1, -0.05) is 6.07 Å². The summed E-state index contributed by atoms with van der Waals surface area (Å²) in [5.74, 6) is -0.717. The van der Waals surface area contributed by atoms with Crippen LogP contribution in [0, 0.1) is 5.82 Å². The van der Waals surface area contributed by atoms with Crippen molar-refractivity contribution in [2.75, 3.05) is 20.1 Å². The molecule has 116 valence electrons. The Hall–Kier alpha value is -0.940. The minimum atomic E-state index is -0.478. The minimum Gasteiger partial charge on any atom is -0.339 e. The monoisotopic (exact) mass is 356 g/mol. The Balaban J connectivity index is 2.05. The Bertz CT molecular complexity index is 513. The zero-order valence-corrected chi connectivity index (χ0v) is 14.4. The number of carbonyl (C=O) groups excluding carboxylic acids is 1. The van der Waals surface area contributed by atoms with E-state index in [1.807, 2.05) is 0 Å². The van der Waals surface area contributed by atoms with Gasteiger partial charge in [0.05, 0.1) is 10.0 Å². The second kappa shape index (κ2) is 6.88. The third kappa shape index (κ3) is 3.64. The molecule has 1 fully saturated rings. The van der Waals surface area contributed by atoms with E-state index < -0.39 is 5.82 Å². The lowest BCUT2D eigenvalue weighted by Gasteiger charge is -2.38. The fourth-order valence-corrected chi connectivity index (χ4v) is 3.18. The number of hydrogen-bond donors (Lipinski definition) is 0. The van der Waals surface area contributed by atoms with Gasteiger partial charge in [0.1, 0.15) is 5.82 Å². The quantitative estimate of drug-likeness (QED) is 0.826. The number of hydrogen-bond acceptors (Lipinski definition) is 2. The average Bonchev–Trinajstić information content (AvgIpc) is 2.48. The molecule has 0 aliphatic carbocycles. The Morgan fingerprint density at radius 1 is 1.38 bits per heavy atom. The van der Waals surface area contributed by atoms with Crippen molar-refractivity contribution < 1.29 is 9.18 Å². The smallest absolute Gasteiger partial charge is 0.256 e. The molecule has 1 amide bonds. The van der Waals surface area contributed by atoms with Crippen molar-refractivity contribution in [3.05, 3.63) is 34.1 Å². The van der Waals surface area contributed by atoms with E-state index >= 15 is 0 Å². The second-order valence-electron chi connectivity index (χ2n) is 5.88. The van der Waals surface area contributed by atoms with Crippen molar-refractivity contribution in [3.8, 4) is 0 Å². The fraction of sp³-hybridized carbons (Fsp3) is 0.562. The molecular weight excluding hydrogens is 335 g/mol. The minimum absolute atomic E-state index is 0.137. The normalized spacial score (nSPS) is 17.2. The molecule has 1 aromatic rings. The highest BCUT2D eigenvalue weighted by atomic mass is 79.9. The molecule has 0 saturated carbocycles. The van der Waals surface area contributed by atoms with Crippen LogP contribution in [0.4, 0.5) is 4.39 Å². The summed E-state index contributed by atoms with van der Waals surface area (Å²) < 4.78 is 14.4. The Kier molecular flexibility index (Phi) is 5.38. The van der Waals surface area contributed by atoms with Gasteiger partial charge in [0.2, 0.25) is 0 Å². The molecule has 21 heavy (non-hydrogen) atoms. The van der Waals surface area contributed by atoms with Crippen molar-refractivity contribution in [3.63, 3.8) is 0 Å². The molecule has 3 nitrogen and oxygen atoms in total. The Morgan fingerprint density at radius 3 is 2.57 bits per heavy atom. The molecule has 1 aliphatic rings. The third-order valence-corrected chi connectivity index (χ3v) is 4.89. The van der Waals surface area contributed by atoms with Gasteiger partial charge in [0, 0.05) is 32.2 Å². The maximum absolute atomic E-state index is 14.0. The van der Waals surface area contributed by atoms with E-state index in [0.29, 0.717) is 10.5 Å². The lowest BCUT2D eigenvalue weighted by atomic mass is 10.0. The summed E-state index contributed by atoms with van der Waals surface area (Å²) in [4.78, 5) is 16.6. The summed E-state index contributed by atoms with van der Waals surface area (Å²) in [6, 6.07) is 5.56. The van der Waals surface area contributed by atoms with Gasteiger partial charge in [0.15, 0.2) is 0 Å². The SMILES string of the molecule is CC(C)N1CCC(N(C)C(=O)c2cccc(Br)c2F)CC1. The van der Waals surface area contributed by atoms with E-state index in [9.17, 15) is 9.18 Å². The molecule has 0 aromatic heterocycles. The van der Waals surface area contributed by atoms with Crippen LogP contribution >= 0.6 is 15.9 Å². The van der Waals surface area contributed by atoms with Gasteiger partial charge >= 0.3 is 0 Å².